The van der Waals surface area contributed by atoms with Gasteiger partial charge in [0.05, 0.1) is 27.8 Å². The number of aryl methyl sites for hydroxylation is 1. The van der Waals surface area contributed by atoms with Gasteiger partial charge in [0.1, 0.15) is 6.04 Å². The second-order valence-electron chi connectivity index (χ2n) is 6.22. The summed E-state index contributed by atoms with van der Waals surface area (Å²) in [5.41, 5.74) is 3.26. The lowest BCUT2D eigenvalue weighted by molar-refractivity contribution is -0.885. The van der Waals surface area contributed by atoms with Gasteiger partial charge in [-0.25, -0.2) is 0 Å². The van der Waals surface area contributed by atoms with Crippen molar-refractivity contribution >= 4 is 0 Å². The van der Waals surface area contributed by atoms with Crippen molar-refractivity contribution in [3.05, 3.63) is 64.4 Å². The highest BCUT2D eigenvalue weighted by Gasteiger charge is 2.33. The molecule has 4 nitrogen and oxygen atoms in total. The number of benzene rings is 2. The summed E-state index contributed by atoms with van der Waals surface area (Å²) in [4.78, 5) is 0. The first-order chi connectivity index (χ1) is 11.1. The van der Waals surface area contributed by atoms with Crippen molar-refractivity contribution in [1.82, 2.24) is 0 Å². The summed E-state index contributed by atoms with van der Waals surface area (Å²) in [6, 6.07) is 13.8. The van der Waals surface area contributed by atoms with Crippen molar-refractivity contribution in [3.63, 3.8) is 0 Å². The molecule has 0 saturated heterocycles. The number of ether oxygens (including phenoxy) is 2. The molecule has 0 bridgehead atoms. The third-order valence-electron chi connectivity index (χ3n) is 4.65. The predicted octanol–water partition coefficient (Wildman–Crippen LogP) is 3.68. The normalized spacial score (nSPS) is 23.7. The van der Waals surface area contributed by atoms with E-state index in [-0.39, 0.29) is 10.7 Å². The van der Waals surface area contributed by atoms with Gasteiger partial charge in [-0.2, -0.15) is 0 Å². The number of methoxy groups -OCH3 is 2. The van der Waals surface area contributed by atoms with E-state index >= 15 is 0 Å². The molecule has 0 radical (unpaired) electrons. The Kier molecular flexibility index (Phi) is 4.28. The molecule has 2 aromatic carbocycles. The van der Waals surface area contributed by atoms with Crippen molar-refractivity contribution in [1.29, 1.82) is 0 Å². The SMILES string of the molecule is COc1cc2c(cc1OC)C(c1ccccc1)[N+](C)([O-])CCC2. The fraction of sp³-hybridized carbons (Fsp3) is 0.368. The van der Waals surface area contributed by atoms with Crippen LogP contribution in [0.2, 0.25) is 0 Å². The Balaban J connectivity index is 2.21. The summed E-state index contributed by atoms with van der Waals surface area (Å²) in [5.74, 6) is 1.40. The number of rotatable bonds is 3. The zero-order valence-electron chi connectivity index (χ0n) is 13.9. The molecule has 3 rings (SSSR count). The summed E-state index contributed by atoms with van der Waals surface area (Å²) in [6.45, 7) is 0.596. The number of hydrogen-bond acceptors (Lipinski definition) is 3. The smallest absolute Gasteiger partial charge is 0.161 e. The van der Waals surface area contributed by atoms with E-state index in [2.05, 4.69) is 0 Å². The highest BCUT2D eigenvalue weighted by Crippen LogP contribution is 2.42. The summed E-state index contributed by atoms with van der Waals surface area (Å²) >= 11 is 0. The molecule has 0 fully saturated rings. The van der Waals surface area contributed by atoms with Crippen LogP contribution in [0, 0.1) is 5.21 Å². The minimum absolute atomic E-state index is 0.242. The lowest BCUT2D eigenvalue weighted by atomic mass is 9.92. The quantitative estimate of drug-likeness (QED) is 0.641. The molecular formula is C19H23NO3. The van der Waals surface area contributed by atoms with Crippen LogP contribution < -0.4 is 9.47 Å². The van der Waals surface area contributed by atoms with Gasteiger partial charge in [-0.05, 0) is 24.1 Å². The van der Waals surface area contributed by atoms with Crippen molar-refractivity contribution in [2.45, 2.75) is 18.9 Å². The topological polar surface area (TPSA) is 41.5 Å². The van der Waals surface area contributed by atoms with Crippen LogP contribution in [-0.4, -0.2) is 32.5 Å². The first-order valence-corrected chi connectivity index (χ1v) is 7.93. The second-order valence-corrected chi connectivity index (χ2v) is 6.22. The molecule has 0 spiro atoms. The first kappa shape index (κ1) is 15.8. The van der Waals surface area contributed by atoms with Crippen LogP contribution >= 0.6 is 0 Å². The van der Waals surface area contributed by atoms with E-state index < -0.39 is 0 Å². The molecule has 2 atom stereocenters. The maximum atomic E-state index is 13.3. The molecule has 2 unspecified atom stereocenters. The Morgan fingerprint density at radius 3 is 2.35 bits per heavy atom. The van der Waals surface area contributed by atoms with E-state index in [4.69, 9.17) is 9.47 Å². The van der Waals surface area contributed by atoms with E-state index in [0.717, 1.165) is 29.7 Å². The number of hydrogen-bond donors (Lipinski definition) is 0. The number of hydroxylamine groups is 3. The predicted molar refractivity (Wildman–Crippen MR) is 90.6 cm³/mol. The average molecular weight is 313 g/mol. The van der Waals surface area contributed by atoms with E-state index in [1.165, 1.54) is 5.56 Å². The van der Waals surface area contributed by atoms with Crippen molar-refractivity contribution in [2.75, 3.05) is 27.8 Å². The first-order valence-electron chi connectivity index (χ1n) is 7.93. The zero-order chi connectivity index (χ0) is 16.4. The van der Waals surface area contributed by atoms with Gasteiger partial charge in [0, 0.05) is 17.5 Å². The van der Waals surface area contributed by atoms with Crippen LogP contribution in [0.15, 0.2) is 42.5 Å². The molecule has 1 aliphatic rings. The molecule has 23 heavy (non-hydrogen) atoms. The van der Waals surface area contributed by atoms with Crippen LogP contribution in [0.4, 0.5) is 0 Å². The average Bonchev–Trinajstić information content (AvgIpc) is 2.68. The van der Waals surface area contributed by atoms with Crippen LogP contribution in [0.25, 0.3) is 0 Å². The van der Waals surface area contributed by atoms with Gasteiger partial charge in [0.15, 0.2) is 11.5 Å². The van der Waals surface area contributed by atoms with Gasteiger partial charge in [-0.3, -0.25) is 0 Å². The molecule has 1 aliphatic heterocycles. The highest BCUT2D eigenvalue weighted by molar-refractivity contribution is 5.50. The lowest BCUT2D eigenvalue weighted by Gasteiger charge is -2.45. The van der Waals surface area contributed by atoms with E-state index in [1.807, 2.05) is 42.5 Å². The van der Waals surface area contributed by atoms with Gasteiger partial charge in [-0.1, -0.05) is 30.3 Å². The Morgan fingerprint density at radius 1 is 1.04 bits per heavy atom. The van der Waals surface area contributed by atoms with Crippen molar-refractivity contribution in [2.24, 2.45) is 0 Å². The monoisotopic (exact) mass is 313 g/mol. The van der Waals surface area contributed by atoms with Gasteiger partial charge in [-0.15, -0.1) is 0 Å². The summed E-state index contributed by atoms with van der Waals surface area (Å²) in [6.07, 6.45) is 1.75. The zero-order valence-corrected chi connectivity index (χ0v) is 13.9. The fourth-order valence-electron chi connectivity index (χ4n) is 3.54. The van der Waals surface area contributed by atoms with Gasteiger partial charge in [0.25, 0.3) is 0 Å². The van der Waals surface area contributed by atoms with Crippen LogP contribution in [-0.2, 0) is 6.42 Å². The van der Waals surface area contributed by atoms with E-state index in [9.17, 15) is 5.21 Å². The summed E-state index contributed by atoms with van der Waals surface area (Å²) in [7, 11) is 5.04. The van der Waals surface area contributed by atoms with Crippen LogP contribution in [0.1, 0.15) is 29.2 Å². The third kappa shape index (κ3) is 2.92. The minimum atomic E-state index is -0.299. The van der Waals surface area contributed by atoms with Crippen LogP contribution in [0.3, 0.4) is 0 Å². The number of fused-ring (bicyclic) bond motifs is 1. The van der Waals surface area contributed by atoms with E-state index in [0.29, 0.717) is 12.3 Å². The second kappa shape index (κ2) is 6.22. The summed E-state index contributed by atoms with van der Waals surface area (Å²) < 4.78 is 10.6. The largest absolute Gasteiger partial charge is 0.632 e. The van der Waals surface area contributed by atoms with Gasteiger partial charge in [0.2, 0.25) is 0 Å². The molecule has 4 heteroatoms. The van der Waals surface area contributed by atoms with Crippen molar-refractivity contribution < 1.29 is 14.1 Å². The molecule has 1 heterocycles. The lowest BCUT2D eigenvalue weighted by Crippen LogP contribution is -2.41. The molecule has 0 aliphatic carbocycles. The van der Waals surface area contributed by atoms with Gasteiger partial charge < -0.3 is 19.3 Å². The van der Waals surface area contributed by atoms with Crippen molar-refractivity contribution in [3.8, 4) is 11.5 Å². The third-order valence-corrected chi connectivity index (χ3v) is 4.65. The standard InChI is InChI=1S/C19H23NO3/c1-20(21)11-7-10-15-12-17(22-2)18(23-3)13-16(15)19(20)14-8-5-4-6-9-14/h4-6,8-9,12-13,19H,7,10-11H2,1-3H3. The molecule has 0 aromatic heterocycles. The molecular weight excluding hydrogens is 290 g/mol. The Bertz CT molecular complexity index is 683. The summed E-state index contributed by atoms with van der Waals surface area (Å²) in [5, 5.41) is 13.3. The Hall–Kier alpha value is -2.04. The molecule has 2 aromatic rings. The minimum Gasteiger partial charge on any atom is -0.632 e. The maximum absolute atomic E-state index is 13.3. The molecule has 0 saturated carbocycles. The Morgan fingerprint density at radius 2 is 1.70 bits per heavy atom. The number of nitrogens with zero attached hydrogens (tertiary/aromatic N) is 1. The molecule has 0 amide bonds. The van der Waals surface area contributed by atoms with Crippen LogP contribution in [0.5, 0.6) is 11.5 Å². The highest BCUT2D eigenvalue weighted by atomic mass is 16.5. The van der Waals surface area contributed by atoms with Gasteiger partial charge >= 0.3 is 0 Å². The van der Waals surface area contributed by atoms with E-state index in [1.54, 1.807) is 21.3 Å². The number of quaternary nitrogens is 1. The maximum Gasteiger partial charge on any atom is 0.161 e. The molecule has 122 valence electrons. The fourth-order valence-corrected chi connectivity index (χ4v) is 3.54. The Labute approximate surface area is 137 Å². The molecule has 0 N–H and O–H groups in total.